The molecule has 1 saturated heterocycles. The number of carbonyl (C=O) groups excluding carboxylic acids is 2. The molecule has 0 saturated carbocycles. The summed E-state index contributed by atoms with van der Waals surface area (Å²) in [5, 5.41) is 2.35. The molecule has 126 valence electrons. The zero-order valence-corrected chi connectivity index (χ0v) is 13.0. The molecule has 0 aliphatic carbocycles. The number of hydrogen-bond acceptors (Lipinski definition) is 3. The molecule has 1 aliphatic rings. The van der Waals surface area contributed by atoms with Gasteiger partial charge in [-0.25, -0.2) is 18.0 Å². The first-order valence-electron chi connectivity index (χ1n) is 7.01. The van der Waals surface area contributed by atoms with E-state index in [2.05, 4.69) is 5.32 Å². The summed E-state index contributed by atoms with van der Waals surface area (Å²) in [5.41, 5.74) is -1.61. The van der Waals surface area contributed by atoms with Crippen LogP contribution in [0.1, 0.15) is 31.1 Å². The average Bonchev–Trinajstić information content (AvgIpc) is 2.36. The minimum Gasteiger partial charge on any atom is -0.444 e. The highest BCUT2D eigenvalue weighted by atomic mass is 19.2. The van der Waals surface area contributed by atoms with E-state index in [9.17, 15) is 22.8 Å². The first-order chi connectivity index (χ1) is 10.6. The molecule has 1 heterocycles. The Bertz CT molecular complexity index is 638. The van der Waals surface area contributed by atoms with Gasteiger partial charge in [-0.3, -0.25) is 4.79 Å². The summed E-state index contributed by atoms with van der Waals surface area (Å²) in [4.78, 5) is 24.9. The molecule has 0 radical (unpaired) electrons. The highest BCUT2D eigenvalue weighted by Gasteiger charge is 2.35. The van der Waals surface area contributed by atoms with Gasteiger partial charge in [0.1, 0.15) is 17.0 Å². The fourth-order valence-corrected chi connectivity index (χ4v) is 2.04. The Kier molecular flexibility index (Phi) is 4.53. The molecule has 1 fully saturated rings. The maximum absolute atomic E-state index is 13.5. The monoisotopic (exact) mass is 330 g/mol. The van der Waals surface area contributed by atoms with Crippen molar-refractivity contribution in [3.63, 3.8) is 0 Å². The van der Waals surface area contributed by atoms with Crippen molar-refractivity contribution >= 4 is 12.0 Å². The van der Waals surface area contributed by atoms with Gasteiger partial charge in [0, 0.05) is 13.1 Å². The number of nitrogens with zero attached hydrogens (tertiary/aromatic N) is 1. The minimum absolute atomic E-state index is 0.152. The van der Waals surface area contributed by atoms with Gasteiger partial charge in [0.05, 0.1) is 6.04 Å². The van der Waals surface area contributed by atoms with E-state index in [1.54, 1.807) is 20.8 Å². The predicted molar refractivity (Wildman–Crippen MR) is 75.4 cm³/mol. The summed E-state index contributed by atoms with van der Waals surface area (Å²) < 4.78 is 45.2. The van der Waals surface area contributed by atoms with E-state index in [0.717, 1.165) is 0 Å². The SMILES string of the molecule is CC(C)(C)OC(=O)N1CC(NC(=O)c2c(F)ccc(F)c2F)C1. The van der Waals surface area contributed by atoms with E-state index >= 15 is 0 Å². The smallest absolute Gasteiger partial charge is 0.410 e. The van der Waals surface area contributed by atoms with E-state index in [4.69, 9.17) is 4.74 Å². The third-order valence-electron chi connectivity index (χ3n) is 3.14. The van der Waals surface area contributed by atoms with Crippen LogP contribution in [0.25, 0.3) is 0 Å². The van der Waals surface area contributed by atoms with Gasteiger partial charge in [-0.15, -0.1) is 0 Å². The molecule has 8 heteroatoms. The Hall–Kier alpha value is -2.25. The molecule has 0 bridgehead atoms. The molecule has 0 spiro atoms. The third-order valence-corrected chi connectivity index (χ3v) is 3.14. The van der Waals surface area contributed by atoms with Gasteiger partial charge >= 0.3 is 6.09 Å². The van der Waals surface area contributed by atoms with Crippen LogP contribution in [0.3, 0.4) is 0 Å². The van der Waals surface area contributed by atoms with Crippen LogP contribution < -0.4 is 5.32 Å². The second-order valence-corrected chi connectivity index (χ2v) is 6.27. The van der Waals surface area contributed by atoms with E-state index in [1.165, 1.54) is 4.90 Å². The Balaban J connectivity index is 1.93. The van der Waals surface area contributed by atoms with Crippen molar-refractivity contribution < 1.29 is 27.5 Å². The summed E-state index contributed by atoms with van der Waals surface area (Å²) in [7, 11) is 0. The van der Waals surface area contributed by atoms with Crippen molar-refractivity contribution in [1.82, 2.24) is 10.2 Å². The molecule has 2 amide bonds. The fourth-order valence-electron chi connectivity index (χ4n) is 2.04. The first kappa shape index (κ1) is 17.1. The second-order valence-electron chi connectivity index (χ2n) is 6.27. The lowest BCUT2D eigenvalue weighted by atomic mass is 10.1. The number of benzene rings is 1. The van der Waals surface area contributed by atoms with Crippen molar-refractivity contribution in [3.8, 4) is 0 Å². The summed E-state index contributed by atoms with van der Waals surface area (Å²) in [6, 6.07) is 0.813. The summed E-state index contributed by atoms with van der Waals surface area (Å²) in [5.74, 6) is -5.05. The number of carbonyl (C=O) groups is 2. The number of ether oxygens (including phenoxy) is 1. The second kappa shape index (κ2) is 6.10. The summed E-state index contributed by atoms with van der Waals surface area (Å²) in [6.45, 7) is 5.47. The Labute approximate surface area is 131 Å². The third kappa shape index (κ3) is 3.94. The van der Waals surface area contributed by atoms with E-state index in [1.807, 2.05) is 0 Å². The average molecular weight is 330 g/mol. The van der Waals surface area contributed by atoms with Gasteiger partial charge in [-0.1, -0.05) is 0 Å². The Morgan fingerprint density at radius 2 is 1.74 bits per heavy atom. The van der Waals surface area contributed by atoms with Crippen LogP contribution in [0.15, 0.2) is 12.1 Å². The quantitative estimate of drug-likeness (QED) is 0.848. The lowest BCUT2D eigenvalue weighted by Crippen LogP contribution is -2.61. The molecule has 2 rings (SSSR count). The van der Waals surface area contributed by atoms with Gasteiger partial charge in [0.15, 0.2) is 11.6 Å². The molecule has 1 aliphatic heterocycles. The van der Waals surface area contributed by atoms with E-state index in [0.29, 0.717) is 12.1 Å². The highest BCUT2D eigenvalue weighted by Crippen LogP contribution is 2.18. The molecule has 0 aromatic heterocycles. The van der Waals surface area contributed by atoms with Gasteiger partial charge in [0.2, 0.25) is 0 Å². The Morgan fingerprint density at radius 1 is 1.17 bits per heavy atom. The maximum Gasteiger partial charge on any atom is 0.410 e. The molecule has 1 aromatic rings. The standard InChI is InChI=1S/C15H17F3N2O3/c1-15(2,3)23-14(22)20-6-8(7-20)19-13(21)11-9(16)4-5-10(17)12(11)18/h4-5,8H,6-7H2,1-3H3,(H,19,21). The zero-order chi connectivity index (χ0) is 17.4. The molecular formula is C15H17F3N2O3. The predicted octanol–water partition coefficient (Wildman–Crippen LogP) is 2.45. The minimum atomic E-state index is -1.54. The summed E-state index contributed by atoms with van der Waals surface area (Å²) >= 11 is 0. The molecular weight excluding hydrogens is 313 g/mol. The van der Waals surface area contributed by atoms with Gasteiger partial charge in [0.25, 0.3) is 5.91 Å². The highest BCUT2D eigenvalue weighted by molar-refractivity contribution is 5.95. The van der Waals surface area contributed by atoms with Crippen LogP contribution in [-0.2, 0) is 4.74 Å². The molecule has 1 aromatic carbocycles. The maximum atomic E-state index is 13.5. The largest absolute Gasteiger partial charge is 0.444 e. The van der Waals surface area contributed by atoms with Gasteiger partial charge in [-0.2, -0.15) is 0 Å². The number of halogens is 3. The summed E-state index contributed by atoms with van der Waals surface area (Å²) in [6.07, 6.45) is -0.536. The van der Waals surface area contributed by atoms with Crippen molar-refractivity contribution in [2.75, 3.05) is 13.1 Å². The van der Waals surface area contributed by atoms with Crippen LogP contribution >= 0.6 is 0 Å². The van der Waals surface area contributed by atoms with Crippen molar-refractivity contribution in [2.45, 2.75) is 32.4 Å². The first-order valence-corrected chi connectivity index (χ1v) is 7.01. The normalized spacial score (nSPS) is 15.1. The number of rotatable bonds is 2. The van der Waals surface area contributed by atoms with Crippen molar-refractivity contribution in [1.29, 1.82) is 0 Å². The zero-order valence-electron chi connectivity index (χ0n) is 13.0. The number of amides is 2. The van der Waals surface area contributed by atoms with Crippen LogP contribution in [0, 0.1) is 17.5 Å². The number of nitrogens with one attached hydrogen (secondary N) is 1. The molecule has 1 N–H and O–H groups in total. The molecule has 5 nitrogen and oxygen atoms in total. The van der Waals surface area contributed by atoms with Crippen molar-refractivity contribution in [2.24, 2.45) is 0 Å². The fraction of sp³-hybridized carbons (Fsp3) is 0.467. The number of likely N-dealkylation sites (tertiary alicyclic amines) is 1. The number of hydrogen-bond donors (Lipinski definition) is 1. The van der Waals surface area contributed by atoms with E-state index in [-0.39, 0.29) is 13.1 Å². The molecule has 0 unspecified atom stereocenters. The van der Waals surface area contributed by atoms with Crippen molar-refractivity contribution in [3.05, 3.63) is 35.1 Å². The Morgan fingerprint density at radius 3 is 2.30 bits per heavy atom. The molecule has 0 atom stereocenters. The lowest BCUT2D eigenvalue weighted by Gasteiger charge is -2.39. The van der Waals surface area contributed by atoms with Crippen LogP contribution in [-0.4, -0.2) is 41.6 Å². The van der Waals surface area contributed by atoms with E-state index < -0.39 is 46.7 Å². The topological polar surface area (TPSA) is 58.6 Å². The molecule has 23 heavy (non-hydrogen) atoms. The van der Waals surface area contributed by atoms with Gasteiger partial charge in [-0.05, 0) is 32.9 Å². The van der Waals surface area contributed by atoms with Gasteiger partial charge < -0.3 is 15.0 Å². The van der Waals surface area contributed by atoms with Crippen LogP contribution in [0.4, 0.5) is 18.0 Å². The van der Waals surface area contributed by atoms with Crippen LogP contribution in [0.5, 0.6) is 0 Å². The lowest BCUT2D eigenvalue weighted by molar-refractivity contribution is 0.00528. The van der Waals surface area contributed by atoms with Crippen LogP contribution in [0.2, 0.25) is 0 Å².